The summed E-state index contributed by atoms with van der Waals surface area (Å²) in [6.07, 6.45) is 0.495. The standard InChI is InChI=1S/C18H36N5O4P/c1-12(2)22-9-15(11-26-28(25,13(3)4)21(6)7)27-16(10-22)23-8-14(5)17(19)20-18(23)24/h8,12-13,15-17H,9-11,19H2,1-7H3,(H,20,24)/t15-,16+,17?,28?/m0/s1. The Labute approximate surface area is 168 Å². The molecule has 0 aliphatic carbocycles. The van der Waals surface area contributed by atoms with E-state index in [0.29, 0.717) is 13.1 Å². The fourth-order valence-corrected chi connectivity index (χ4v) is 5.15. The van der Waals surface area contributed by atoms with Crippen molar-refractivity contribution in [2.75, 3.05) is 33.8 Å². The van der Waals surface area contributed by atoms with Crippen LogP contribution in [0.4, 0.5) is 4.79 Å². The van der Waals surface area contributed by atoms with E-state index in [4.69, 9.17) is 15.0 Å². The molecular weight excluding hydrogens is 381 g/mol. The molecule has 0 bridgehead atoms. The van der Waals surface area contributed by atoms with Crippen LogP contribution in [0.2, 0.25) is 0 Å². The highest BCUT2D eigenvalue weighted by Crippen LogP contribution is 2.53. The molecule has 3 N–H and O–H groups in total. The first-order chi connectivity index (χ1) is 13.0. The molecule has 0 aromatic heterocycles. The van der Waals surface area contributed by atoms with Crippen molar-refractivity contribution < 1.29 is 18.6 Å². The Morgan fingerprint density at radius 2 is 2.00 bits per heavy atom. The summed E-state index contributed by atoms with van der Waals surface area (Å²) in [5.41, 5.74) is 6.62. The average Bonchev–Trinajstić information content (AvgIpc) is 2.61. The Kier molecular flexibility index (Phi) is 7.69. The summed E-state index contributed by atoms with van der Waals surface area (Å²) in [5, 5.41) is 2.74. The number of nitrogens with two attached hydrogens (primary N) is 1. The molecule has 9 nitrogen and oxygen atoms in total. The van der Waals surface area contributed by atoms with Crippen LogP contribution in [0.3, 0.4) is 0 Å². The van der Waals surface area contributed by atoms with E-state index in [-0.39, 0.29) is 30.4 Å². The SMILES string of the molecule is CC1=CN([C@H]2CN(C(C)C)C[C@@H](COP(=O)(C(C)C)N(C)C)O2)C(=O)NC1N. The number of rotatable bonds is 7. The van der Waals surface area contributed by atoms with Gasteiger partial charge < -0.3 is 20.3 Å². The van der Waals surface area contributed by atoms with E-state index in [1.807, 2.05) is 20.8 Å². The van der Waals surface area contributed by atoms with Gasteiger partial charge in [-0.05, 0) is 40.4 Å². The molecule has 4 atom stereocenters. The van der Waals surface area contributed by atoms with Crippen molar-refractivity contribution in [1.82, 2.24) is 19.8 Å². The number of urea groups is 1. The fourth-order valence-electron chi connectivity index (χ4n) is 3.32. The van der Waals surface area contributed by atoms with Crippen molar-refractivity contribution in [1.29, 1.82) is 0 Å². The van der Waals surface area contributed by atoms with E-state index < -0.39 is 19.9 Å². The highest BCUT2D eigenvalue weighted by atomic mass is 31.2. The molecule has 2 rings (SSSR count). The van der Waals surface area contributed by atoms with Crippen LogP contribution < -0.4 is 11.1 Å². The van der Waals surface area contributed by atoms with Gasteiger partial charge in [-0.15, -0.1) is 0 Å². The number of hydrogen-bond acceptors (Lipinski definition) is 6. The molecule has 2 heterocycles. The molecule has 2 aliphatic rings. The van der Waals surface area contributed by atoms with Gasteiger partial charge in [0.1, 0.15) is 6.17 Å². The molecule has 0 aromatic carbocycles. The molecule has 0 spiro atoms. The van der Waals surface area contributed by atoms with Crippen LogP contribution in [0, 0.1) is 0 Å². The van der Waals surface area contributed by atoms with Crippen LogP contribution >= 0.6 is 7.52 Å². The van der Waals surface area contributed by atoms with Crippen LogP contribution in [0.1, 0.15) is 34.6 Å². The predicted octanol–water partition coefficient (Wildman–Crippen LogP) is 1.82. The monoisotopic (exact) mass is 417 g/mol. The van der Waals surface area contributed by atoms with E-state index in [1.165, 1.54) is 0 Å². The lowest BCUT2D eigenvalue weighted by Gasteiger charge is -2.44. The van der Waals surface area contributed by atoms with Crippen LogP contribution in [-0.2, 0) is 13.8 Å². The molecule has 1 saturated heterocycles. The molecule has 2 unspecified atom stereocenters. The van der Waals surface area contributed by atoms with Crippen molar-refractivity contribution in [2.24, 2.45) is 5.73 Å². The fraction of sp³-hybridized carbons (Fsp3) is 0.833. The highest BCUT2D eigenvalue weighted by molar-refractivity contribution is 7.57. The Morgan fingerprint density at radius 1 is 1.36 bits per heavy atom. The molecule has 2 aliphatic heterocycles. The minimum atomic E-state index is -2.94. The molecule has 1 fully saturated rings. The lowest BCUT2D eigenvalue weighted by molar-refractivity contribution is -0.144. The van der Waals surface area contributed by atoms with Crippen molar-refractivity contribution in [2.45, 2.75) is 64.8 Å². The summed E-state index contributed by atoms with van der Waals surface area (Å²) in [6.45, 7) is 11.3. The van der Waals surface area contributed by atoms with Crippen molar-refractivity contribution in [3.05, 3.63) is 11.8 Å². The Bertz CT molecular complexity index is 627. The van der Waals surface area contributed by atoms with Crippen LogP contribution in [0.5, 0.6) is 0 Å². The molecule has 28 heavy (non-hydrogen) atoms. The maximum Gasteiger partial charge on any atom is 0.325 e. The average molecular weight is 417 g/mol. The number of morpholine rings is 1. The normalized spacial score (nSPS) is 29.2. The number of carbonyl (C=O) groups excluding carboxylic acids is 1. The summed E-state index contributed by atoms with van der Waals surface area (Å²) in [5.74, 6) is 0. The minimum Gasteiger partial charge on any atom is -0.350 e. The number of ether oxygens (including phenoxy) is 1. The van der Waals surface area contributed by atoms with E-state index in [9.17, 15) is 9.36 Å². The third-order valence-corrected chi connectivity index (χ3v) is 8.16. The summed E-state index contributed by atoms with van der Waals surface area (Å²) in [4.78, 5) is 16.2. The molecule has 0 radical (unpaired) electrons. The lowest BCUT2D eigenvalue weighted by atomic mass is 10.2. The van der Waals surface area contributed by atoms with Gasteiger partial charge in [0.25, 0.3) is 7.52 Å². The number of amides is 2. The van der Waals surface area contributed by atoms with Crippen molar-refractivity contribution in [3.8, 4) is 0 Å². The largest absolute Gasteiger partial charge is 0.350 e. The molecular formula is C18H36N5O4P. The maximum absolute atomic E-state index is 13.1. The van der Waals surface area contributed by atoms with Gasteiger partial charge in [0, 0.05) is 31.0 Å². The van der Waals surface area contributed by atoms with E-state index in [1.54, 1.807) is 29.9 Å². The molecule has 162 valence electrons. The quantitative estimate of drug-likeness (QED) is 0.610. The minimum absolute atomic E-state index is 0.122. The zero-order valence-corrected chi connectivity index (χ0v) is 19.0. The van der Waals surface area contributed by atoms with Gasteiger partial charge in [0.05, 0.1) is 12.7 Å². The van der Waals surface area contributed by atoms with E-state index >= 15 is 0 Å². The number of nitrogens with zero attached hydrogens (tertiary/aromatic N) is 3. The summed E-state index contributed by atoms with van der Waals surface area (Å²) < 4.78 is 26.9. The van der Waals surface area contributed by atoms with E-state index in [2.05, 4.69) is 24.1 Å². The number of carbonyl (C=O) groups is 1. The van der Waals surface area contributed by atoms with Gasteiger partial charge in [0.15, 0.2) is 6.23 Å². The molecule has 0 aromatic rings. The Morgan fingerprint density at radius 3 is 2.54 bits per heavy atom. The molecule has 10 heteroatoms. The Balaban J connectivity index is 2.15. The van der Waals surface area contributed by atoms with Gasteiger partial charge in [-0.2, -0.15) is 0 Å². The topological polar surface area (TPSA) is 100 Å². The van der Waals surface area contributed by atoms with Gasteiger partial charge in [-0.25, -0.2) is 9.46 Å². The zero-order chi connectivity index (χ0) is 21.2. The Hall–Kier alpha value is -0.960. The third kappa shape index (κ3) is 5.14. The first-order valence-corrected chi connectivity index (χ1v) is 11.4. The first-order valence-electron chi connectivity index (χ1n) is 9.80. The van der Waals surface area contributed by atoms with Gasteiger partial charge >= 0.3 is 6.03 Å². The van der Waals surface area contributed by atoms with Crippen LogP contribution in [0.25, 0.3) is 0 Å². The second kappa shape index (κ2) is 9.24. The summed E-state index contributed by atoms with van der Waals surface area (Å²) >= 11 is 0. The van der Waals surface area contributed by atoms with Crippen molar-refractivity contribution >= 4 is 13.6 Å². The lowest BCUT2D eigenvalue weighted by Crippen LogP contribution is -2.61. The van der Waals surface area contributed by atoms with Crippen molar-refractivity contribution in [3.63, 3.8) is 0 Å². The number of hydrogen-bond donors (Lipinski definition) is 2. The zero-order valence-electron chi connectivity index (χ0n) is 18.1. The van der Waals surface area contributed by atoms with Crippen LogP contribution in [-0.4, -0.2) is 84.5 Å². The third-order valence-electron chi connectivity index (χ3n) is 5.22. The van der Waals surface area contributed by atoms with Gasteiger partial charge in [0.2, 0.25) is 0 Å². The summed E-state index contributed by atoms with van der Waals surface area (Å²) in [7, 11) is 0.587. The second-order valence-corrected chi connectivity index (χ2v) is 11.5. The molecule has 2 amide bonds. The molecule has 0 saturated carbocycles. The smallest absolute Gasteiger partial charge is 0.325 e. The van der Waals surface area contributed by atoms with E-state index in [0.717, 1.165) is 5.57 Å². The summed E-state index contributed by atoms with van der Waals surface area (Å²) in [6, 6.07) is -0.00523. The van der Waals surface area contributed by atoms with Gasteiger partial charge in [-0.1, -0.05) is 13.8 Å². The number of nitrogens with one attached hydrogen (secondary N) is 1. The first kappa shape index (κ1) is 23.3. The second-order valence-electron chi connectivity index (χ2n) is 8.27. The van der Waals surface area contributed by atoms with Crippen LogP contribution in [0.15, 0.2) is 11.8 Å². The maximum atomic E-state index is 13.1. The highest BCUT2D eigenvalue weighted by Gasteiger charge is 2.38. The predicted molar refractivity (Wildman–Crippen MR) is 110 cm³/mol. The van der Waals surface area contributed by atoms with Gasteiger partial charge in [-0.3, -0.25) is 14.4 Å².